The predicted molar refractivity (Wildman–Crippen MR) is 46.4 cm³/mol. The van der Waals surface area contributed by atoms with E-state index < -0.39 is 0 Å². The first-order valence-electron chi connectivity index (χ1n) is 4.51. The van der Waals surface area contributed by atoms with Crippen molar-refractivity contribution in [2.75, 3.05) is 19.6 Å². The van der Waals surface area contributed by atoms with Crippen molar-refractivity contribution in [2.45, 2.75) is 32.2 Å². The van der Waals surface area contributed by atoms with Crippen molar-refractivity contribution in [3.05, 3.63) is 0 Å². The van der Waals surface area contributed by atoms with Crippen molar-refractivity contribution in [1.29, 1.82) is 0 Å². The molecule has 1 spiro atoms. The molecule has 1 saturated heterocycles. The quantitative estimate of drug-likeness (QED) is 0.638. The molecule has 2 nitrogen and oxygen atoms in total. The smallest absolute Gasteiger partial charge is 0.0226 e. The summed E-state index contributed by atoms with van der Waals surface area (Å²) in [4.78, 5) is 2.48. The van der Waals surface area contributed by atoms with E-state index in [0.717, 1.165) is 12.0 Å². The molecular formula is C9H18N2. The summed E-state index contributed by atoms with van der Waals surface area (Å²) in [6, 6.07) is 0. The van der Waals surface area contributed by atoms with Crippen LogP contribution < -0.4 is 5.73 Å². The number of hydrogen-bond donors (Lipinski definition) is 1. The van der Waals surface area contributed by atoms with Crippen molar-refractivity contribution in [2.24, 2.45) is 11.1 Å². The summed E-state index contributed by atoms with van der Waals surface area (Å²) in [5.74, 6) is 0. The lowest BCUT2D eigenvalue weighted by Gasteiger charge is -2.43. The van der Waals surface area contributed by atoms with Crippen molar-refractivity contribution in [3.8, 4) is 0 Å². The first-order valence-corrected chi connectivity index (χ1v) is 4.51. The van der Waals surface area contributed by atoms with Crippen LogP contribution in [0.15, 0.2) is 0 Å². The maximum Gasteiger partial charge on any atom is 0.0226 e. The minimum Gasteiger partial charge on any atom is -0.324 e. The van der Waals surface area contributed by atoms with Gasteiger partial charge in [-0.1, -0.05) is 0 Å². The summed E-state index contributed by atoms with van der Waals surface area (Å²) in [6.45, 7) is 7.89. The van der Waals surface area contributed by atoms with Crippen molar-refractivity contribution < 1.29 is 0 Å². The first-order chi connectivity index (χ1) is 4.99. The van der Waals surface area contributed by atoms with E-state index in [4.69, 9.17) is 5.73 Å². The summed E-state index contributed by atoms with van der Waals surface area (Å²) < 4.78 is 0. The first kappa shape index (κ1) is 7.56. The summed E-state index contributed by atoms with van der Waals surface area (Å²) in [5, 5.41) is 0. The Morgan fingerprint density at radius 1 is 1.36 bits per heavy atom. The summed E-state index contributed by atoms with van der Waals surface area (Å²) in [5.41, 5.74) is 6.69. The zero-order valence-corrected chi connectivity index (χ0v) is 7.56. The summed E-state index contributed by atoms with van der Waals surface area (Å²) in [6.07, 6.45) is 2.93. The molecule has 0 radical (unpaired) electrons. The van der Waals surface area contributed by atoms with E-state index in [1.807, 2.05) is 0 Å². The molecule has 0 unspecified atom stereocenters. The van der Waals surface area contributed by atoms with Crippen LogP contribution in [-0.4, -0.2) is 30.1 Å². The van der Waals surface area contributed by atoms with Gasteiger partial charge in [0, 0.05) is 25.2 Å². The van der Waals surface area contributed by atoms with Gasteiger partial charge in [-0.15, -0.1) is 0 Å². The van der Waals surface area contributed by atoms with E-state index in [9.17, 15) is 0 Å². The monoisotopic (exact) mass is 154 g/mol. The molecule has 11 heavy (non-hydrogen) atoms. The van der Waals surface area contributed by atoms with Crippen molar-refractivity contribution in [3.63, 3.8) is 0 Å². The third-order valence-electron chi connectivity index (χ3n) is 2.71. The SMILES string of the molecule is CC(C)(N)CN1CC2(CC2)C1. The lowest BCUT2D eigenvalue weighted by atomic mass is 9.94. The van der Waals surface area contributed by atoms with Gasteiger partial charge in [0.2, 0.25) is 0 Å². The van der Waals surface area contributed by atoms with Crippen molar-refractivity contribution in [1.82, 2.24) is 4.90 Å². The molecule has 2 rings (SSSR count). The van der Waals surface area contributed by atoms with E-state index >= 15 is 0 Å². The normalized spacial score (nSPS) is 28.6. The number of nitrogens with zero attached hydrogens (tertiary/aromatic N) is 1. The molecule has 1 saturated carbocycles. The largest absolute Gasteiger partial charge is 0.324 e. The Morgan fingerprint density at radius 2 is 1.91 bits per heavy atom. The van der Waals surface area contributed by atoms with E-state index in [0.29, 0.717) is 0 Å². The molecule has 2 N–H and O–H groups in total. The van der Waals surface area contributed by atoms with E-state index in [-0.39, 0.29) is 5.54 Å². The molecule has 0 atom stereocenters. The highest BCUT2D eigenvalue weighted by atomic mass is 15.2. The summed E-state index contributed by atoms with van der Waals surface area (Å²) >= 11 is 0. The molecule has 0 bridgehead atoms. The zero-order chi connectivity index (χ0) is 8.11. The fourth-order valence-corrected chi connectivity index (χ4v) is 2.08. The molecule has 0 aromatic rings. The van der Waals surface area contributed by atoms with Crippen LogP contribution in [-0.2, 0) is 0 Å². The Labute approximate surface area is 68.7 Å². The van der Waals surface area contributed by atoms with Gasteiger partial charge in [-0.3, -0.25) is 0 Å². The zero-order valence-electron chi connectivity index (χ0n) is 7.56. The molecule has 64 valence electrons. The lowest BCUT2D eigenvalue weighted by molar-refractivity contribution is 0.0632. The molecule has 1 aliphatic carbocycles. The molecule has 1 aliphatic heterocycles. The minimum absolute atomic E-state index is 0.00347. The fraction of sp³-hybridized carbons (Fsp3) is 1.00. The Bertz CT molecular complexity index is 157. The van der Waals surface area contributed by atoms with Gasteiger partial charge in [-0.05, 0) is 32.1 Å². The topological polar surface area (TPSA) is 29.3 Å². The van der Waals surface area contributed by atoms with Crippen LogP contribution in [0.4, 0.5) is 0 Å². The van der Waals surface area contributed by atoms with E-state index in [1.54, 1.807) is 0 Å². The van der Waals surface area contributed by atoms with Crippen LogP contribution in [0.1, 0.15) is 26.7 Å². The molecule has 2 heteroatoms. The average Bonchev–Trinajstić information content (AvgIpc) is 2.38. The highest BCUT2D eigenvalue weighted by Crippen LogP contribution is 2.52. The predicted octanol–water partition coefficient (Wildman–Crippen LogP) is 0.819. The molecule has 0 aromatic carbocycles. The fourth-order valence-electron chi connectivity index (χ4n) is 2.08. The Morgan fingerprint density at radius 3 is 2.27 bits per heavy atom. The van der Waals surface area contributed by atoms with Gasteiger partial charge in [-0.2, -0.15) is 0 Å². The maximum atomic E-state index is 5.91. The molecule has 0 aromatic heterocycles. The highest BCUT2D eigenvalue weighted by Gasteiger charge is 2.52. The number of hydrogen-bond acceptors (Lipinski definition) is 2. The van der Waals surface area contributed by atoms with Gasteiger partial charge < -0.3 is 10.6 Å². The molecule has 0 amide bonds. The third kappa shape index (κ3) is 1.57. The Kier molecular flexibility index (Phi) is 1.37. The molecular weight excluding hydrogens is 136 g/mol. The van der Waals surface area contributed by atoms with Crippen LogP contribution in [0, 0.1) is 5.41 Å². The number of likely N-dealkylation sites (tertiary alicyclic amines) is 1. The van der Waals surface area contributed by atoms with Gasteiger partial charge in [0.15, 0.2) is 0 Å². The summed E-state index contributed by atoms with van der Waals surface area (Å²) in [7, 11) is 0. The van der Waals surface area contributed by atoms with Crippen LogP contribution >= 0.6 is 0 Å². The Balaban J connectivity index is 1.75. The van der Waals surface area contributed by atoms with Gasteiger partial charge in [0.25, 0.3) is 0 Å². The number of rotatable bonds is 2. The van der Waals surface area contributed by atoms with Crippen molar-refractivity contribution >= 4 is 0 Å². The van der Waals surface area contributed by atoms with Crippen LogP contribution in [0.25, 0.3) is 0 Å². The van der Waals surface area contributed by atoms with Gasteiger partial charge in [0.1, 0.15) is 0 Å². The second kappa shape index (κ2) is 1.99. The Hall–Kier alpha value is -0.0800. The van der Waals surface area contributed by atoms with E-state index in [2.05, 4.69) is 18.7 Å². The standard InChI is InChI=1S/C9H18N2/c1-8(2,10)5-11-6-9(7-11)3-4-9/h3-7,10H2,1-2H3. The average molecular weight is 154 g/mol. The van der Waals surface area contributed by atoms with Gasteiger partial charge >= 0.3 is 0 Å². The van der Waals surface area contributed by atoms with Gasteiger partial charge in [-0.25, -0.2) is 0 Å². The second-order valence-corrected chi connectivity index (χ2v) is 5.13. The number of nitrogens with two attached hydrogens (primary N) is 1. The molecule has 1 heterocycles. The van der Waals surface area contributed by atoms with Gasteiger partial charge in [0.05, 0.1) is 0 Å². The van der Waals surface area contributed by atoms with Crippen LogP contribution in [0.3, 0.4) is 0 Å². The third-order valence-corrected chi connectivity index (χ3v) is 2.71. The lowest BCUT2D eigenvalue weighted by Crippen LogP contribution is -2.55. The molecule has 2 fully saturated rings. The molecule has 2 aliphatic rings. The van der Waals surface area contributed by atoms with E-state index in [1.165, 1.54) is 25.9 Å². The highest BCUT2D eigenvalue weighted by molar-refractivity contribution is 5.06. The van der Waals surface area contributed by atoms with Crippen LogP contribution in [0.5, 0.6) is 0 Å². The van der Waals surface area contributed by atoms with Crippen LogP contribution in [0.2, 0.25) is 0 Å². The second-order valence-electron chi connectivity index (χ2n) is 5.13. The minimum atomic E-state index is -0.00347. The maximum absolute atomic E-state index is 5.91.